The van der Waals surface area contributed by atoms with Crippen LogP contribution in [0.2, 0.25) is 0 Å². The van der Waals surface area contributed by atoms with E-state index in [1.807, 2.05) is 5.48 Å². The number of aliphatic hydroxyl groups excluding tert-OH is 1. The Morgan fingerprint density at radius 2 is 2.04 bits per heavy atom. The lowest BCUT2D eigenvalue weighted by Gasteiger charge is -2.04. The molecule has 1 rings (SSSR count). The van der Waals surface area contributed by atoms with Crippen LogP contribution in [0.1, 0.15) is 39.4 Å². The fourth-order valence-electron chi connectivity index (χ4n) is 1.89. The molecule has 0 aliphatic heterocycles. The molecule has 0 unspecified atom stereocenters. The van der Waals surface area contributed by atoms with Crippen LogP contribution in [0.4, 0.5) is 0 Å². The first-order valence-electron chi connectivity index (χ1n) is 7.89. The molecule has 0 saturated heterocycles. The smallest absolute Gasteiger partial charge is 0.253 e. The highest BCUT2D eigenvalue weighted by atomic mass is 35.5. The summed E-state index contributed by atoms with van der Waals surface area (Å²) in [7, 11) is 0. The van der Waals surface area contributed by atoms with Crippen molar-refractivity contribution in [2.75, 3.05) is 5.88 Å². The third-order valence-corrected chi connectivity index (χ3v) is 3.84. The molecule has 7 nitrogen and oxygen atoms in total. The largest absolute Gasteiger partial charge is 0.506 e. The maximum absolute atomic E-state index is 9.85. The third kappa shape index (κ3) is 6.39. The van der Waals surface area contributed by atoms with Crippen LogP contribution in [-0.2, 0) is 0 Å². The number of alkyl halides is 1. The normalized spacial score (nSPS) is 14.9. The Bertz CT molecular complexity index is 849. The Balaban J connectivity index is 3.36. The summed E-state index contributed by atoms with van der Waals surface area (Å²) in [5.74, 6) is 0.460. The minimum atomic E-state index is -0.157. The van der Waals surface area contributed by atoms with Gasteiger partial charge in [0.2, 0.25) is 5.82 Å². The zero-order valence-electron chi connectivity index (χ0n) is 15.5. The quantitative estimate of drug-likeness (QED) is 0.139. The fraction of sp³-hybridized carbons (Fsp3) is 0.278. The molecule has 0 radical (unpaired) electrons. The molecule has 1 heterocycles. The molecule has 9 heteroatoms. The molecular weight excluding hydrogens is 391 g/mol. The van der Waals surface area contributed by atoms with E-state index in [-0.39, 0.29) is 34.2 Å². The van der Waals surface area contributed by atoms with Crippen LogP contribution in [0.3, 0.4) is 0 Å². The fourth-order valence-corrected chi connectivity index (χ4v) is 2.34. The van der Waals surface area contributed by atoms with E-state index < -0.39 is 0 Å². The predicted molar refractivity (Wildman–Crippen MR) is 109 cm³/mol. The van der Waals surface area contributed by atoms with Crippen molar-refractivity contribution in [2.45, 2.75) is 27.7 Å². The van der Waals surface area contributed by atoms with E-state index in [9.17, 15) is 10.3 Å². The standard InChI is InChI=1S/C18H22Cl2N4O3/c1-6-7-14(25)13(23-26)8-11(4)18-22-17(24-27-18)15(10(2)3)16(20)21-12(5)9-19/h6-8,23,25-26H,2,9H2,1,3-5H3/b7-6-,11-8+,14-13-,16-15+,21-12-. The zero-order valence-corrected chi connectivity index (χ0v) is 17.1. The van der Waals surface area contributed by atoms with Gasteiger partial charge in [-0.1, -0.05) is 29.4 Å². The van der Waals surface area contributed by atoms with E-state index in [1.54, 1.807) is 33.8 Å². The van der Waals surface area contributed by atoms with E-state index in [2.05, 4.69) is 21.7 Å². The van der Waals surface area contributed by atoms with Gasteiger partial charge in [-0.15, -0.1) is 11.6 Å². The molecule has 0 aliphatic carbocycles. The molecule has 0 fully saturated rings. The number of halogens is 2. The van der Waals surface area contributed by atoms with Gasteiger partial charge in [0.25, 0.3) is 5.89 Å². The lowest BCUT2D eigenvalue weighted by atomic mass is 10.1. The van der Waals surface area contributed by atoms with Crippen LogP contribution in [0.5, 0.6) is 0 Å². The van der Waals surface area contributed by atoms with Crippen LogP contribution < -0.4 is 5.48 Å². The number of hydrogen-bond donors (Lipinski definition) is 3. The van der Waals surface area contributed by atoms with Gasteiger partial charge in [0.05, 0.1) is 11.5 Å². The van der Waals surface area contributed by atoms with Crippen molar-refractivity contribution in [3.8, 4) is 0 Å². The second-order valence-corrected chi connectivity index (χ2v) is 6.21. The average molecular weight is 413 g/mol. The maximum atomic E-state index is 9.85. The Labute approximate surface area is 168 Å². The van der Waals surface area contributed by atoms with Crippen molar-refractivity contribution in [1.82, 2.24) is 15.6 Å². The first-order chi connectivity index (χ1) is 12.7. The molecule has 0 bridgehead atoms. The van der Waals surface area contributed by atoms with E-state index >= 15 is 0 Å². The van der Waals surface area contributed by atoms with Crippen LogP contribution >= 0.6 is 23.2 Å². The molecule has 3 N–H and O–H groups in total. The lowest BCUT2D eigenvalue weighted by Crippen LogP contribution is -2.07. The van der Waals surface area contributed by atoms with Gasteiger partial charge in [-0.05, 0) is 45.4 Å². The number of aromatic nitrogens is 2. The van der Waals surface area contributed by atoms with Crippen molar-refractivity contribution in [1.29, 1.82) is 0 Å². The molecule has 0 spiro atoms. The monoisotopic (exact) mass is 412 g/mol. The van der Waals surface area contributed by atoms with Gasteiger partial charge in [0.1, 0.15) is 16.6 Å². The van der Waals surface area contributed by atoms with Crippen LogP contribution in [-0.4, -0.2) is 32.0 Å². The number of allylic oxidation sites excluding steroid dienone is 6. The van der Waals surface area contributed by atoms with E-state index in [0.717, 1.165) is 0 Å². The van der Waals surface area contributed by atoms with Gasteiger partial charge in [-0.3, -0.25) is 10.7 Å². The van der Waals surface area contributed by atoms with Gasteiger partial charge in [0.15, 0.2) is 0 Å². The van der Waals surface area contributed by atoms with Crippen LogP contribution in [0, 0.1) is 0 Å². The van der Waals surface area contributed by atoms with Gasteiger partial charge < -0.3 is 9.63 Å². The van der Waals surface area contributed by atoms with Gasteiger partial charge in [-0.25, -0.2) is 4.99 Å². The number of hydrogen-bond acceptors (Lipinski definition) is 7. The van der Waals surface area contributed by atoms with Crippen molar-refractivity contribution in [3.63, 3.8) is 0 Å². The number of aliphatic imine (C=N–C) groups is 1. The second-order valence-electron chi connectivity index (χ2n) is 5.59. The zero-order chi connectivity index (χ0) is 20.6. The molecule has 146 valence electrons. The Hall–Kier alpha value is -2.35. The summed E-state index contributed by atoms with van der Waals surface area (Å²) in [4.78, 5) is 8.49. The highest BCUT2D eigenvalue weighted by Crippen LogP contribution is 2.28. The number of aliphatic hydroxyl groups is 1. The van der Waals surface area contributed by atoms with Crippen LogP contribution in [0.15, 0.2) is 56.5 Å². The van der Waals surface area contributed by atoms with Crippen LogP contribution in [0.25, 0.3) is 11.1 Å². The van der Waals surface area contributed by atoms with Crippen molar-refractivity contribution < 1.29 is 14.8 Å². The van der Waals surface area contributed by atoms with Gasteiger partial charge in [0, 0.05) is 11.3 Å². The predicted octanol–water partition coefficient (Wildman–Crippen LogP) is 4.98. The summed E-state index contributed by atoms with van der Waals surface area (Å²) in [6.45, 7) is 10.8. The van der Waals surface area contributed by atoms with Crippen molar-refractivity contribution >= 4 is 40.1 Å². The SMILES string of the molecule is C=C(C)/C(=C(Cl)\N=C(\C)CCl)c1noc(/C(C)=C/C(NO)=C(O)\C=C/C)n1. The lowest BCUT2D eigenvalue weighted by molar-refractivity contribution is 0.198. The molecule has 0 saturated carbocycles. The number of hydroxylamine groups is 1. The number of rotatable bonds is 8. The molecule has 27 heavy (non-hydrogen) atoms. The summed E-state index contributed by atoms with van der Waals surface area (Å²) in [6, 6.07) is 0. The van der Waals surface area contributed by atoms with Gasteiger partial charge >= 0.3 is 0 Å². The van der Waals surface area contributed by atoms with E-state index in [1.165, 1.54) is 12.2 Å². The molecule has 0 atom stereocenters. The topological polar surface area (TPSA) is 104 Å². The first kappa shape index (κ1) is 22.7. The summed E-state index contributed by atoms with van der Waals surface area (Å²) < 4.78 is 5.25. The summed E-state index contributed by atoms with van der Waals surface area (Å²) in [5, 5.41) is 23.1. The second kappa shape index (κ2) is 10.7. The number of nitrogens with zero attached hydrogens (tertiary/aromatic N) is 3. The Morgan fingerprint density at radius 1 is 1.37 bits per heavy atom. The van der Waals surface area contributed by atoms with Crippen molar-refractivity contribution in [2.24, 2.45) is 4.99 Å². The molecule has 0 aliphatic rings. The third-order valence-electron chi connectivity index (χ3n) is 3.18. The minimum absolute atomic E-state index is 0.0707. The van der Waals surface area contributed by atoms with E-state index in [4.69, 9.17) is 27.7 Å². The Kier molecular flexibility index (Phi) is 9.00. The number of nitrogens with one attached hydrogen (secondary N) is 1. The molecule has 0 amide bonds. The van der Waals surface area contributed by atoms with E-state index in [0.29, 0.717) is 22.4 Å². The Morgan fingerprint density at radius 3 is 2.56 bits per heavy atom. The highest BCUT2D eigenvalue weighted by Gasteiger charge is 2.17. The average Bonchev–Trinajstić information content (AvgIpc) is 3.08. The first-order valence-corrected chi connectivity index (χ1v) is 8.80. The summed E-state index contributed by atoms with van der Waals surface area (Å²) in [6.07, 6.45) is 4.49. The maximum Gasteiger partial charge on any atom is 0.253 e. The summed E-state index contributed by atoms with van der Waals surface area (Å²) in [5.41, 5.74) is 4.14. The highest BCUT2D eigenvalue weighted by molar-refractivity contribution is 6.35. The molecule has 1 aromatic heterocycles. The molecule has 0 aromatic carbocycles. The molecule has 1 aromatic rings. The van der Waals surface area contributed by atoms with Crippen molar-refractivity contribution in [3.05, 3.63) is 58.7 Å². The minimum Gasteiger partial charge on any atom is -0.506 e. The molecular formula is C18H22Cl2N4O3. The van der Waals surface area contributed by atoms with Gasteiger partial charge in [-0.2, -0.15) is 4.98 Å². The summed E-state index contributed by atoms with van der Waals surface area (Å²) >= 11 is 12.0.